The van der Waals surface area contributed by atoms with Gasteiger partial charge in [0.05, 0.1) is 12.1 Å². The van der Waals surface area contributed by atoms with Crippen molar-refractivity contribution in [3.63, 3.8) is 0 Å². The summed E-state index contributed by atoms with van der Waals surface area (Å²) in [5, 5.41) is 8.00. The quantitative estimate of drug-likeness (QED) is 0.299. The lowest BCUT2D eigenvalue weighted by molar-refractivity contribution is 0.491. The van der Waals surface area contributed by atoms with Gasteiger partial charge in [-0.25, -0.2) is 0 Å². The zero-order valence-electron chi connectivity index (χ0n) is 18.5. The Labute approximate surface area is 181 Å². The molecule has 0 radical (unpaired) electrons. The van der Waals surface area contributed by atoms with Crippen molar-refractivity contribution in [3.8, 4) is 0 Å². The molecule has 0 saturated carbocycles. The summed E-state index contributed by atoms with van der Waals surface area (Å²) in [7, 11) is 0. The van der Waals surface area contributed by atoms with Crippen LogP contribution in [0.25, 0.3) is 0 Å². The second kappa shape index (κ2) is 10.1. The molecule has 156 valence electrons. The van der Waals surface area contributed by atoms with Crippen molar-refractivity contribution < 1.29 is 0 Å². The predicted molar refractivity (Wildman–Crippen MR) is 129 cm³/mol. The lowest BCUT2D eigenvalue weighted by atomic mass is 9.89. The van der Waals surface area contributed by atoms with Gasteiger partial charge in [-0.3, -0.25) is 0 Å². The Bertz CT molecular complexity index is 907. The number of hydrogen-bond acceptors (Lipinski definition) is 3. The van der Waals surface area contributed by atoms with Crippen molar-refractivity contribution in [1.29, 1.82) is 0 Å². The topological polar surface area (TPSA) is 36.4 Å². The van der Waals surface area contributed by atoms with Crippen LogP contribution in [-0.2, 0) is 0 Å². The summed E-state index contributed by atoms with van der Waals surface area (Å²) in [6.07, 6.45) is 0. The van der Waals surface area contributed by atoms with Gasteiger partial charge in [-0.1, -0.05) is 107 Å². The molecule has 0 aromatic heterocycles. The fourth-order valence-corrected chi connectivity index (χ4v) is 3.99. The van der Waals surface area contributed by atoms with Crippen molar-refractivity contribution in [1.82, 2.24) is 5.43 Å². The van der Waals surface area contributed by atoms with Crippen LogP contribution in [0.4, 0.5) is 5.69 Å². The molecule has 0 aliphatic rings. The number of hydrogen-bond donors (Lipinski definition) is 2. The van der Waals surface area contributed by atoms with Crippen LogP contribution in [0.1, 0.15) is 73.9 Å². The van der Waals surface area contributed by atoms with Gasteiger partial charge >= 0.3 is 0 Å². The fourth-order valence-electron chi connectivity index (χ4n) is 3.99. The van der Waals surface area contributed by atoms with Crippen LogP contribution in [0.5, 0.6) is 0 Å². The highest BCUT2D eigenvalue weighted by molar-refractivity contribution is 5.61. The van der Waals surface area contributed by atoms with Crippen molar-refractivity contribution in [2.75, 3.05) is 5.32 Å². The first-order chi connectivity index (χ1) is 14.5. The molecule has 2 atom stereocenters. The zero-order chi connectivity index (χ0) is 21.5. The zero-order valence-corrected chi connectivity index (χ0v) is 18.5. The van der Waals surface area contributed by atoms with E-state index in [2.05, 4.69) is 123 Å². The molecule has 30 heavy (non-hydrogen) atoms. The average molecular weight is 400 g/mol. The molecular formula is C27H33N3. The van der Waals surface area contributed by atoms with Crippen molar-refractivity contribution in [2.24, 2.45) is 5.10 Å². The van der Waals surface area contributed by atoms with E-state index in [-0.39, 0.29) is 12.1 Å². The molecule has 3 nitrogen and oxygen atoms in total. The van der Waals surface area contributed by atoms with Gasteiger partial charge in [0.25, 0.3) is 0 Å². The number of para-hydroxylation sites is 1. The SMILES string of the molecule is C=NN[C@H](c1ccccc1)[C@@H](Nc1c(C(C)C)cccc1C(C)C)c1ccccc1. The number of nitrogens with zero attached hydrogens (tertiary/aromatic N) is 1. The van der Waals surface area contributed by atoms with Gasteiger partial charge in [0, 0.05) is 12.4 Å². The van der Waals surface area contributed by atoms with E-state index in [1.165, 1.54) is 27.9 Å². The number of rotatable bonds is 9. The second-order valence-corrected chi connectivity index (χ2v) is 8.33. The maximum Gasteiger partial charge on any atom is 0.0932 e. The number of hydrazone groups is 1. The van der Waals surface area contributed by atoms with Crippen LogP contribution in [0.2, 0.25) is 0 Å². The molecule has 3 heteroatoms. The highest BCUT2D eigenvalue weighted by Gasteiger charge is 2.27. The van der Waals surface area contributed by atoms with Crippen molar-refractivity contribution in [2.45, 2.75) is 51.6 Å². The standard InChI is InChI=1S/C27H33N3/c1-19(2)23-17-12-18-24(20(3)4)27(23)29-25(21-13-8-6-9-14-21)26(30-28-5)22-15-10-7-11-16-22/h6-20,25-26,29-30H,5H2,1-4H3/t25-,26+/m0/s1. The Morgan fingerprint density at radius 2 is 1.10 bits per heavy atom. The molecule has 0 unspecified atom stereocenters. The normalized spacial score (nSPS) is 13.1. The van der Waals surface area contributed by atoms with Crippen LogP contribution in [0.3, 0.4) is 0 Å². The van der Waals surface area contributed by atoms with Crippen LogP contribution in [0.15, 0.2) is 84.0 Å². The maximum atomic E-state index is 4.08. The van der Waals surface area contributed by atoms with E-state index < -0.39 is 0 Å². The summed E-state index contributed by atoms with van der Waals surface area (Å²) >= 11 is 0. The van der Waals surface area contributed by atoms with Crippen LogP contribution in [-0.4, -0.2) is 6.72 Å². The highest BCUT2D eigenvalue weighted by atomic mass is 15.3. The molecular weight excluding hydrogens is 366 g/mol. The van der Waals surface area contributed by atoms with E-state index in [0.717, 1.165) is 0 Å². The van der Waals surface area contributed by atoms with Gasteiger partial charge in [-0.05, 0) is 34.1 Å². The Hall–Kier alpha value is -3.07. The number of anilines is 1. The van der Waals surface area contributed by atoms with E-state index >= 15 is 0 Å². The summed E-state index contributed by atoms with van der Waals surface area (Å²) in [5.41, 5.74) is 9.53. The van der Waals surface area contributed by atoms with Crippen LogP contribution in [0, 0.1) is 0 Å². The van der Waals surface area contributed by atoms with Gasteiger partial charge in [-0.15, -0.1) is 0 Å². The molecule has 0 saturated heterocycles. The van der Waals surface area contributed by atoms with E-state index in [9.17, 15) is 0 Å². The van der Waals surface area contributed by atoms with Gasteiger partial charge in [-0.2, -0.15) is 5.10 Å². The Balaban J connectivity index is 2.15. The summed E-state index contributed by atoms with van der Waals surface area (Å²) in [5.74, 6) is 0.839. The number of nitrogens with one attached hydrogen (secondary N) is 2. The highest BCUT2D eigenvalue weighted by Crippen LogP contribution is 2.38. The Morgan fingerprint density at radius 1 is 0.633 bits per heavy atom. The smallest absolute Gasteiger partial charge is 0.0932 e. The molecule has 0 bridgehead atoms. The third kappa shape index (κ3) is 4.91. The average Bonchev–Trinajstić information content (AvgIpc) is 2.77. The monoisotopic (exact) mass is 399 g/mol. The molecule has 0 fully saturated rings. The molecule has 0 aliphatic heterocycles. The minimum Gasteiger partial charge on any atom is -0.375 e. The summed E-state index contributed by atoms with van der Waals surface area (Å²) in [4.78, 5) is 0. The lowest BCUT2D eigenvalue weighted by Gasteiger charge is -2.32. The summed E-state index contributed by atoms with van der Waals surface area (Å²) in [6.45, 7) is 12.7. The largest absolute Gasteiger partial charge is 0.375 e. The fraction of sp³-hybridized carbons (Fsp3) is 0.296. The van der Waals surface area contributed by atoms with Crippen LogP contribution < -0.4 is 10.7 Å². The van der Waals surface area contributed by atoms with Crippen molar-refractivity contribution in [3.05, 3.63) is 101 Å². The van der Waals surface area contributed by atoms with E-state index in [0.29, 0.717) is 11.8 Å². The number of benzene rings is 3. The molecule has 3 aromatic carbocycles. The predicted octanol–water partition coefficient (Wildman–Crippen LogP) is 7.03. The Morgan fingerprint density at radius 3 is 1.53 bits per heavy atom. The molecule has 0 spiro atoms. The summed E-state index contributed by atoms with van der Waals surface area (Å²) in [6, 6.07) is 27.6. The van der Waals surface area contributed by atoms with Crippen LogP contribution >= 0.6 is 0 Å². The molecule has 0 aliphatic carbocycles. The maximum absolute atomic E-state index is 4.08. The van der Waals surface area contributed by atoms with E-state index in [4.69, 9.17) is 0 Å². The van der Waals surface area contributed by atoms with Gasteiger partial charge in [0.15, 0.2) is 0 Å². The first-order valence-electron chi connectivity index (χ1n) is 10.7. The van der Waals surface area contributed by atoms with E-state index in [1.807, 2.05) is 6.07 Å². The minimum atomic E-state index is -0.0636. The van der Waals surface area contributed by atoms with Crippen molar-refractivity contribution >= 4 is 12.4 Å². The minimum absolute atomic E-state index is 0.0171. The van der Waals surface area contributed by atoms with Gasteiger partial charge in [0.2, 0.25) is 0 Å². The third-order valence-electron chi connectivity index (χ3n) is 5.55. The van der Waals surface area contributed by atoms with Gasteiger partial charge < -0.3 is 10.7 Å². The lowest BCUT2D eigenvalue weighted by Crippen LogP contribution is -2.29. The Kier molecular flexibility index (Phi) is 7.29. The molecule has 3 rings (SSSR count). The first-order valence-corrected chi connectivity index (χ1v) is 10.7. The molecule has 2 N–H and O–H groups in total. The van der Waals surface area contributed by atoms with Gasteiger partial charge in [0.1, 0.15) is 0 Å². The molecule has 3 aromatic rings. The summed E-state index contributed by atoms with van der Waals surface area (Å²) < 4.78 is 0. The molecule has 0 heterocycles. The van der Waals surface area contributed by atoms with E-state index in [1.54, 1.807) is 0 Å². The third-order valence-corrected chi connectivity index (χ3v) is 5.55. The second-order valence-electron chi connectivity index (χ2n) is 8.33. The molecule has 0 amide bonds. The first kappa shape index (κ1) is 21.6.